The molecule has 1 heterocycles. The van der Waals surface area contributed by atoms with Gasteiger partial charge in [0.05, 0.1) is 0 Å². The van der Waals surface area contributed by atoms with Crippen LogP contribution in [-0.4, -0.2) is 31.7 Å². The molecule has 0 unspecified atom stereocenters. The monoisotopic (exact) mass is 294 g/mol. The van der Waals surface area contributed by atoms with Crippen molar-refractivity contribution in [2.45, 2.75) is 29.8 Å². The van der Waals surface area contributed by atoms with Crippen molar-refractivity contribution in [1.29, 1.82) is 0 Å². The summed E-state index contributed by atoms with van der Waals surface area (Å²) in [4.78, 5) is 1.40. The Bertz CT molecular complexity index is 513. The van der Waals surface area contributed by atoms with Crippen LogP contribution in [0.4, 0.5) is 0 Å². The van der Waals surface area contributed by atoms with Crippen LogP contribution >= 0.6 is 23.5 Å². The zero-order chi connectivity index (χ0) is 13.5. The van der Waals surface area contributed by atoms with Gasteiger partial charge in [-0.2, -0.15) is 0 Å². The Morgan fingerprint density at radius 3 is 2.53 bits per heavy atom. The maximum atomic E-state index is 3.95. The molecule has 0 atom stereocenters. The van der Waals surface area contributed by atoms with Gasteiger partial charge in [-0.3, -0.25) is 0 Å². The molecule has 0 aliphatic heterocycles. The van der Waals surface area contributed by atoms with Crippen molar-refractivity contribution in [2.75, 3.05) is 11.5 Å². The molecule has 102 valence electrons. The highest BCUT2D eigenvalue weighted by Gasteiger charge is 2.02. The molecule has 6 heteroatoms. The number of hydrogen-bond acceptors (Lipinski definition) is 5. The lowest BCUT2D eigenvalue weighted by atomic mass is 10.2. The molecule has 4 nitrogen and oxygen atoms in total. The number of rotatable bonds is 7. The molecule has 0 aliphatic rings. The van der Waals surface area contributed by atoms with E-state index in [0.29, 0.717) is 0 Å². The van der Waals surface area contributed by atoms with Crippen LogP contribution in [0.5, 0.6) is 0 Å². The molecule has 0 saturated carbocycles. The van der Waals surface area contributed by atoms with E-state index >= 15 is 0 Å². The van der Waals surface area contributed by atoms with Crippen molar-refractivity contribution in [1.82, 2.24) is 20.2 Å². The van der Waals surface area contributed by atoms with Gasteiger partial charge in [0.1, 0.15) is 0 Å². The zero-order valence-electron chi connectivity index (χ0n) is 11.2. The molecular weight excluding hydrogens is 276 g/mol. The fourth-order valence-corrected chi connectivity index (χ4v) is 3.50. The van der Waals surface area contributed by atoms with E-state index in [1.165, 1.54) is 29.1 Å². The van der Waals surface area contributed by atoms with Crippen molar-refractivity contribution in [3.05, 3.63) is 29.8 Å². The van der Waals surface area contributed by atoms with E-state index in [0.717, 1.165) is 10.9 Å². The van der Waals surface area contributed by atoms with Crippen LogP contribution in [-0.2, 0) is 7.05 Å². The van der Waals surface area contributed by atoms with E-state index in [4.69, 9.17) is 0 Å². The SMILES string of the molecule is Cc1ccccc1SCCCCSc1nnnn1C. The average molecular weight is 294 g/mol. The zero-order valence-corrected chi connectivity index (χ0v) is 12.9. The Labute approximate surface area is 122 Å². The van der Waals surface area contributed by atoms with Crippen molar-refractivity contribution >= 4 is 23.5 Å². The van der Waals surface area contributed by atoms with Crippen LogP contribution in [0.1, 0.15) is 18.4 Å². The second kappa shape index (κ2) is 7.55. The Hall–Kier alpha value is -1.01. The fraction of sp³-hybridized carbons (Fsp3) is 0.462. The molecule has 19 heavy (non-hydrogen) atoms. The molecule has 1 aromatic heterocycles. The van der Waals surface area contributed by atoms with Gasteiger partial charge >= 0.3 is 0 Å². The second-order valence-corrected chi connectivity index (χ2v) is 6.45. The van der Waals surface area contributed by atoms with Crippen LogP contribution in [0.25, 0.3) is 0 Å². The first kappa shape index (κ1) is 14.4. The Balaban J connectivity index is 1.60. The third-order valence-corrected chi connectivity index (χ3v) is 5.06. The second-order valence-electron chi connectivity index (χ2n) is 4.25. The maximum absolute atomic E-state index is 3.95. The van der Waals surface area contributed by atoms with Crippen molar-refractivity contribution < 1.29 is 0 Å². The number of thioether (sulfide) groups is 2. The Morgan fingerprint density at radius 2 is 1.84 bits per heavy atom. The Kier molecular flexibility index (Phi) is 5.72. The van der Waals surface area contributed by atoms with Crippen LogP contribution in [0.3, 0.4) is 0 Å². The molecule has 0 fully saturated rings. The van der Waals surface area contributed by atoms with Gasteiger partial charge in [0.15, 0.2) is 0 Å². The van der Waals surface area contributed by atoms with Crippen molar-refractivity contribution in [3.63, 3.8) is 0 Å². The van der Waals surface area contributed by atoms with Crippen LogP contribution in [0, 0.1) is 6.92 Å². The predicted molar refractivity (Wildman–Crippen MR) is 80.7 cm³/mol. The number of unbranched alkanes of at least 4 members (excludes halogenated alkanes) is 1. The largest absolute Gasteiger partial charge is 0.224 e. The van der Waals surface area contributed by atoms with E-state index in [1.54, 1.807) is 16.4 Å². The molecule has 0 bridgehead atoms. The minimum absolute atomic E-state index is 0.895. The van der Waals surface area contributed by atoms with E-state index in [2.05, 4.69) is 46.7 Å². The predicted octanol–water partition coefficient (Wildman–Crippen LogP) is 3.18. The van der Waals surface area contributed by atoms with Gasteiger partial charge in [0.25, 0.3) is 0 Å². The number of hydrogen-bond donors (Lipinski definition) is 0. The van der Waals surface area contributed by atoms with E-state index < -0.39 is 0 Å². The lowest BCUT2D eigenvalue weighted by Crippen LogP contribution is -1.94. The highest BCUT2D eigenvalue weighted by molar-refractivity contribution is 7.99. The van der Waals surface area contributed by atoms with E-state index in [9.17, 15) is 0 Å². The summed E-state index contributed by atoms with van der Waals surface area (Å²) in [7, 11) is 1.87. The molecule has 0 amide bonds. The van der Waals surface area contributed by atoms with Gasteiger partial charge in [0, 0.05) is 17.7 Å². The van der Waals surface area contributed by atoms with Crippen molar-refractivity contribution in [2.24, 2.45) is 7.05 Å². The summed E-state index contributed by atoms with van der Waals surface area (Å²) in [5.74, 6) is 2.24. The summed E-state index contributed by atoms with van der Waals surface area (Å²) in [6.45, 7) is 2.17. The maximum Gasteiger partial charge on any atom is 0.209 e. The fourth-order valence-electron chi connectivity index (χ4n) is 1.61. The smallest absolute Gasteiger partial charge is 0.209 e. The van der Waals surface area contributed by atoms with Gasteiger partial charge in [-0.05, 0) is 47.6 Å². The van der Waals surface area contributed by atoms with E-state index in [-0.39, 0.29) is 0 Å². The molecular formula is C13H18N4S2. The summed E-state index contributed by atoms with van der Waals surface area (Å²) in [6.07, 6.45) is 2.41. The molecule has 0 spiro atoms. The highest BCUT2D eigenvalue weighted by atomic mass is 32.2. The summed E-state index contributed by atoms with van der Waals surface area (Å²) >= 11 is 3.66. The normalized spacial score (nSPS) is 10.8. The molecule has 0 aliphatic carbocycles. The highest BCUT2D eigenvalue weighted by Crippen LogP contribution is 2.23. The van der Waals surface area contributed by atoms with Crippen LogP contribution in [0.15, 0.2) is 34.3 Å². The first-order valence-corrected chi connectivity index (χ1v) is 8.28. The number of aromatic nitrogens is 4. The summed E-state index contributed by atoms with van der Waals surface area (Å²) in [5, 5.41) is 12.3. The molecule has 1 aromatic carbocycles. The molecule has 0 N–H and O–H groups in total. The standard InChI is InChI=1S/C13H18N4S2/c1-11-7-3-4-8-12(11)18-9-5-6-10-19-13-14-15-16-17(13)2/h3-4,7-8H,5-6,9-10H2,1-2H3. The number of benzene rings is 1. The summed E-state index contributed by atoms with van der Waals surface area (Å²) < 4.78 is 1.72. The number of aryl methyl sites for hydroxylation is 2. The molecule has 0 radical (unpaired) electrons. The molecule has 2 aromatic rings. The third kappa shape index (κ3) is 4.54. The van der Waals surface area contributed by atoms with Gasteiger partial charge in [-0.1, -0.05) is 30.0 Å². The van der Waals surface area contributed by atoms with Gasteiger partial charge in [0.2, 0.25) is 5.16 Å². The van der Waals surface area contributed by atoms with E-state index in [1.807, 2.05) is 18.8 Å². The molecule has 2 rings (SSSR count). The van der Waals surface area contributed by atoms with Crippen molar-refractivity contribution in [3.8, 4) is 0 Å². The minimum Gasteiger partial charge on any atom is -0.224 e. The van der Waals surface area contributed by atoms with Crippen LogP contribution < -0.4 is 0 Å². The molecule has 0 saturated heterocycles. The minimum atomic E-state index is 0.895. The quantitative estimate of drug-likeness (QED) is 0.579. The third-order valence-electron chi connectivity index (χ3n) is 2.70. The van der Waals surface area contributed by atoms with Crippen LogP contribution in [0.2, 0.25) is 0 Å². The lowest BCUT2D eigenvalue weighted by Gasteiger charge is -2.04. The first-order chi connectivity index (χ1) is 9.27. The average Bonchev–Trinajstić information content (AvgIpc) is 2.81. The topological polar surface area (TPSA) is 43.6 Å². The summed E-state index contributed by atoms with van der Waals surface area (Å²) in [5.41, 5.74) is 1.37. The number of tetrazole rings is 1. The Morgan fingerprint density at radius 1 is 1.11 bits per heavy atom. The number of nitrogens with zero attached hydrogens (tertiary/aromatic N) is 4. The summed E-state index contributed by atoms with van der Waals surface area (Å²) in [6, 6.07) is 8.55. The lowest BCUT2D eigenvalue weighted by molar-refractivity contribution is 0.664. The van der Waals surface area contributed by atoms with Gasteiger partial charge < -0.3 is 0 Å². The van der Waals surface area contributed by atoms with Gasteiger partial charge in [-0.15, -0.1) is 16.9 Å². The van der Waals surface area contributed by atoms with Gasteiger partial charge in [-0.25, -0.2) is 4.68 Å². The first-order valence-electron chi connectivity index (χ1n) is 6.31.